The van der Waals surface area contributed by atoms with Gasteiger partial charge in [-0.25, -0.2) is 0 Å². The molecule has 0 aromatic rings. The molecule has 0 spiro atoms. The molecule has 250 valence electrons. The summed E-state index contributed by atoms with van der Waals surface area (Å²) in [5.74, 6) is -6.67. The standard InChI is InChI=1S/2C12H22O5.2C4H9.Sn/c2*1-3-5-6-9(4-2)7-12(17,11(15)16)8-10(13)14;2*1-3-4-2;/h2*9,17H,3-8H2,1-2H3,(H,13,14)(H,15,16);2*1,3-4H2,2H3;/q;;;;+4/p-4. The molecule has 0 aliphatic heterocycles. The zero-order valence-corrected chi connectivity index (χ0v) is 30.4. The van der Waals surface area contributed by atoms with Gasteiger partial charge in [0.15, 0.2) is 0 Å². The maximum absolute atomic E-state index is 10.8. The minimum absolute atomic E-state index is 0.0165. The first-order valence-electron chi connectivity index (χ1n) is 16.1. The molecule has 0 rings (SSSR count). The number of carbonyl (C=O) groups excluding carboxylic acids is 4. The predicted octanol–water partition coefficient (Wildman–Crippen LogP) is 1.56. The molecule has 0 amide bonds. The molecule has 43 heavy (non-hydrogen) atoms. The van der Waals surface area contributed by atoms with Crippen molar-refractivity contribution in [3.05, 3.63) is 0 Å². The van der Waals surface area contributed by atoms with Crippen LogP contribution in [0.15, 0.2) is 0 Å². The normalized spacial score (nSPS) is 14.9. The third kappa shape index (κ3) is 25.6. The summed E-state index contributed by atoms with van der Waals surface area (Å²) in [6.07, 6.45) is 10.5. The average Bonchev–Trinajstić information content (AvgIpc) is 2.93. The van der Waals surface area contributed by atoms with Crippen LogP contribution in [0.4, 0.5) is 0 Å². The van der Waals surface area contributed by atoms with Gasteiger partial charge < -0.3 is 49.8 Å². The molecule has 0 aromatic carbocycles. The summed E-state index contributed by atoms with van der Waals surface area (Å²) < 4.78 is 3.25. The van der Waals surface area contributed by atoms with Crippen molar-refractivity contribution in [2.75, 3.05) is 0 Å². The summed E-state index contributed by atoms with van der Waals surface area (Å²) in [5.41, 5.74) is -4.62. The molecular weight excluding hydrogens is 663 g/mol. The van der Waals surface area contributed by atoms with Gasteiger partial charge in [0.25, 0.3) is 0 Å². The van der Waals surface area contributed by atoms with Crippen LogP contribution in [0.25, 0.3) is 0 Å². The van der Waals surface area contributed by atoms with E-state index in [0.29, 0.717) is 12.8 Å². The summed E-state index contributed by atoms with van der Waals surface area (Å²) in [5, 5.41) is 62.1. The molecule has 6 radical (unpaired) electrons. The van der Waals surface area contributed by atoms with Gasteiger partial charge in [0.1, 0.15) is 11.2 Å². The van der Waals surface area contributed by atoms with Crippen LogP contribution in [0.1, 0.15) is 144 Å². The van der Waals surface area contributed by atoms with Crippen molar-refractivity contribution in [2.24, 2.45) is 11.8 Å². The van der Waals surface area contributed by atoms with Crippen molar-refractivity contribution in [3.63, 3.8) is 0 Å². The zero-order valence-electron chi connectivity index (χ0n) is 27.5. The Morgan fingerprint density at radius 1 is 0.581 bits per heavy atom. The minimum atomic E-state index is -2.31. The van der Waals surface area contributed by atoms with Crippen LogP contribution < -0.4 is 20.4 Å². The summed E-state index contributed by atoms with van der Waals surface area (Å²) in [7, 11) is 0. The molecule has 0 bridgehead atoms. The van der Waals surface area contributed by atoms with Gasteiger partial charge in [-0.3, -0.25) is 0 Å². The first-order valence-corrected chi connectivity index (χ1v) is 20.1. The topological polar surface area (TPSA) is 201 Å². The van der Waals surface area contributed by atoms with Crippen molar-refractivity contribution in [1.82, 2.24) is 0 Å². The van der Waals surface area contributed by atoms with E-state index in [1.807, 2.05) is 27.7 Å². The summed E-state index contributed by atoms with van der Waals surface area (Å²) in [6.45, 7) is 12.4. The SMILES string of the molecule is CCCCC(CC)CC(O)(CC(=O)[O-])C(=O)[O-].CCCCC(CC)CC(O)(CC(=O)[O-])C(=O)[O-].CCC[CH2][Sn+4][CH2]CCC. The number of hydrogen-bond donors (Lipinski definition) is 2. The van der Waals surface area contributed by atoms with E-state index in [9.17, 15) is 49.8 Å². The maximum atomic E-state index is 10.8. The van der Waals surface area contributed by atoms with Gasteiger partial charge in [0.05, 0.1) is 11.9 Å². The van der Waals surface area contributed by atoms with Gasteiger partial charge in [-0.05, 0) is 24.7 Å². The molecule has 0 heterocycles. The molecule has 2 N–H and O–H groups in total. The van der Waals surface area contributed by atoms with Crippen molar-refractivity contribution >= 4 is 45.0 Å². The monoisotopic (exact) mass is 722 g/mol. The molecule has 0 saturated carbocycles. The number of aliphatic carboxylic acids is 4. The number of carboxylic acids is 4. The third-order valence-electron chi connectivity index (χ3n) is 7.39. The number of rotatable bonds is 24. The van der Waals surface area contributed by atoms with Crippen LogP contribution >= 0.6 is 0 Å². The Morgan fingerprint density at radius 3 is 1.09 bits per heavy atom. The first kappa shape index (κ1) is 46.0. The molecule has 0 aromatic heterocycles. The fourth-order valence-electron chi connectivity index (χ4n) is 4.50. The molecule has 10 nitrogen and oxygen atoms in total. The second kappa shape index (κ2) is 28.1. The van der Waals surface area contributed by atoms with Crippen molar-refractivity contribution in [2.45, 2.75) is 164 Å². The van der Waals surface area contributed by atoms with Crippen LogP contribution in [-0.4, -0.2) is 66.4 Å². The van der Waals surface area contributed by atoms with Crippen LogP contribution in [0.2, 0.25) is 8.87 Å². The summed E-state index contributed by atoms with van der Waals surface area (Å²) in [4.78, 5) is 42.5. The number of unbranched alkanes of at least 4 members (excludes halogenated alkanes) is 4. The Kier molecular flexibility index (Phi) is 30.1. The van der Waals surface area contributed by atoms with E-state index in [2.05, 4.69) is 13.8 Å². The molecular formula is C32H58O10Sn. The van der Waals surface area contributed by atoms with E-state index >= 15 is 0 Å². The molecule has 0 aliphatic carbocycles. The number of hydrogen-bond acceptors (Lipinski definition) is 10. The van der Waals surface area contributed by atoms with Crippen LogP contribution in [0, 0.1) is 11.8 Å². The van der Waals surface area contributed by atoms with E-state index in [1.54, 1.807) is 8.87 Å². The van der Waals surface area contributed by atoms with Gasteiger partial charge in [-0.15, -0.1) is 0 Å². The Balaban J connectivity index is -0.000000586. The average molecular weight is 722 g/mol. The Hall–Kier alpha value is -1.40. The fraction of sp³-hybridized carbons (Fsp3) is 0.875. The van der Waals surface area contributed by atoms with Crippen molar-refractivity contribution < 1.29 is 49.8 Å². The number of aliphatic hydroxyl groups is 2. The summed E-state index contributed by atoms with van der Waals surface area (Å²) in [6, 6.07) is 0. The van der Waals surface area contributed by atoms with Gasteiger partial charge in [0.2, 0.25) is 0 Å². The van der Waals surface area contributed by atoms with E-state index in [-0.39, 0.29) is 45.8 Å². The number of carboxylic acid groups (broad SMARTS) is 4. The zero-order chi connectivity index (χ0) is 33.9. The van der Waals surface area contributed by atoms with Gasteiger partial charge >= 0.3 is 69.5 Å². The van der Waals surface area contributed by atoms with Crippen LogP contribution in [-0.2, 0) is 19.2 Å². The van der Waals surface area contributed by atoms with E-state index < -0.39 is 47.9 Å². The molecule has 0 saturated heterocycles. The van der Waals surface area contributed by atoms with Gasteiger partial charge in [-0.1, -0.05) is 79.1 Å². The summed E-state index contributed by atoms with van der Waals surface area (Å²) >= 11 is 0.149. The van der Waals surface area contributed by atoms with E-state index in [4.69, 9.17) is 0 Å². The van der Waals surface area contributed by atoms with Crippen LogP contribution in [0.3, 0.4) is 0 Å². The Morgan fingerprint density at radius 2 is 0.884 bits per heavy atom. The van der Waals surface area contributed by atoms with Crippen molar-refractivity contribution in [1.29, 1.82) is 0 Å². The second-order valence-electron chi connectivity index (χ2n) is 11.4. The van der Waals surface area contributed by atoms with Gasteiger partial charge in [-0.2, -0.15) is 0 Å². The molecule has 4 unspecified atom stereocenters. The Labute approximate surface area is 270 Å². The third-order valence-corrected chi connectivity index (χ3v) is 11.4. The Bertz CT molecular complexity index is 688. The quantitative estimate of drug-likeness (QED) is 0.109. The van der Waals surface area contributed by atoms with Gasteiger partial charge in [0, 0.05) is 24.8 Å². The fourth-order valence-corrected chi connectivity index (χ4v) is 8.66. The van der Waals surface area contributed by atoms with Crippen LogP contribution in [0.5, 0.6) is 0 Å². The molecule has 0 aliphatic rings. The predicted molar refractivity (Wildman–Crippen MR) is 160 cm³/mol. The molecule has 4 atom stereocenters. The second-order valence-corrected chi connectivity index (χ2v) is 15.7. The first-order chi connectivity index (χ1) is 20.1. The van der Waals surface area contributed by atoms with E-state index in [0.717, 1.165) is 38.5 Å². The number of carbonyl (C=O) groups is 4. The van der Waals surface area contributed by atoms with Crippen molar-refractivity contribution in [3.8, 4) is 0 Å². The molecule has 11 heteroatoms. The van der Waals surface area contributed by atoms with E-state index in [1.165, 1.54) is 25.7 Å². The molecule has 0 fully saturated rings.